The predicted octanol–water partition coefficient (Wildman–Crippen LogP) is 0.882. The molecule has 0 aromatic heterocycles. The summed E-state index contributed by atoms with van der Waals surface area (Å²) in [7, 11) is 0. The van der Waals surface area contributed by atoms with Crippen LogP contribution in [0.15, 0.2) is 0 Å². The van der Waals surface area contributed by atoms with Crippen LogP contribution >= 0.6 is 0 Å². The van der Waals surface area contributed by atoms with E-state index >= 15 is 0 Å². The van der Waals surface area contributed by atoms with Gasteiger partial charge in [0.25, 0.3) is 0 Å². The molecule has 0 aliphatic carbocycles. The molecule has 0 aromatic rings. The normalized spacial score (nSPS) is 22.6. The van der Waals surface area contributed by atoms with Gasteiger partial charge in [0.1, 0.15) is 0 Å². The van der Waals surface area contributed by atoms with Gasteiger partial charge in [0.2, 0.25) is 11.8 Å². The van der Waals surface area contributed by atoms with Crippen LogP contribution in [-0.4, -0.2) is 34.3 Å². The molecular weight excluding hydrogens is 210 g/mol. The molecule has 16 heavy (non-hydrogen) atoms. The number of rotatable bonds is 3. The van der Waals surface area contributed by atoms with Gasteiger partial charge in [0.15, 0.2) is 0 Å². The number of likely N-dealkylation sites (tertiary alicyclic amines) is 1. The zero-order valence-electron chi connectivity index (χ0n) is 10.0. The Kier molecular flexibility index (Phi) is 2.83. The van der Waals surface area contributed by atoms with E-state index < -0.39 is 16.8 Å². The van der Waals surface area contributed by atoms with E-state index in [1.807, 2.05) is 0 Å². The van der Waals surface area contributed by atoms with Crippen molar-refractivity contribution < 1.29 is 19.5 Å². The van der Waals surface area contributed by atoms with Gasteiger partial charge >= 0.3 is 5.97 Å². The van der Waals surface area contributed by atoms with E-state index in [4.69, 9.17) is 5.11 Å². The maximum Gasteiger partial charge on any atom is 0.305 e. The Balaban J connectivity index is 2.95. The molecule has 90 valence electrons. The summed E-state index contributed by atoms with van der Waals surface area (Å²) in [6.07, 6.45) is -0.205. The molecule has 1 saturated heterocycles. The first-order valence-electron chi connectivity index (χ1n) is 5.20. The van der Waals surface area contributed by atoms with Crippen LogP contribution in [0.4, 0.5) is 0 Å². The topological polar surface area (TPSA) is 74.7 Å². The lowest BCUT2D eigenvalue weighted by Gasteiger charge is -2.28. The van der Waals surface area contributed by atoms with Crippen molar-refractivity contribution in [3.63, 3.8) is 0 Å². The molecular formula is C11H17NO4. The van der Waals surface area contributed by atoms with Crippen LogP contribution in [-0.2, 0) is 14.4 Å². The van der Waals surface area contributed by atoms with E-state index in [-0.39, 0.29) is 24.8 Å². The fraction of sp³-hybridized carbons (Fsp3) is 0.727. The van der Waals surface area contributed by atoms with Crippen molar-refractivity contribution in [2.24, 2.45) is 10.8 Å². The van der Waals surface area contributed by atoms with E-state index in [2.05, 4.69) is 0 Å². The van der Waals surface area contributed by atoms with Crippen molar-refractivity contribution >= 4 is 17.8 Å². The third-order valence-electron chi connectivity index (χ3n) is 3.67. The number of hydrogen-bond donors (Lipinski definition) is 1. The maximum atomic E-state index is 12.0. The number of aliphatic carboxylic acids is 1. The van der Waals surface area contributed by atoms with Crippen LogP contribution in [0.25, 0.3) is 0 Å². The predicted molar refractivity (Wildman–Crippen MR) is 56.5 cm³/mol. The van der Waals surface area contributed by atoms with Crippen molar-refractivity contribution in [1.29, 1.82) is 0 Å². The fourth-order valence-corrected chi connectivity index (χ4v) is 1.71. The van der Waals surface area contributed by atoms with E-state index in [9.17, 15) is 14.4 Å². The van der Waals surface area contributed by atoms with Gasteiger partial charge in [-0.25, -0.2) is 0 Å². The summed E-state index contributed by atoms with van der Waals surface area (Å²) in [6.45, 7) is 6.82. The van der Waals surface area contributed by atoms with E-state index in [1.165, 1.54) is 0 Å². The zero-order valence-corrected chi connectivity index (χ0v) is 10.0. The summed E-state index contributed by atoms with van der Waals surface area (Å²) in [5.74, 6) is -1.59. The minimum Gasteiger partial charge on any atom is -0.481 e. The number of amides is 2. The highest BCUT2D eigenvalue weighted by Crippen LogP contribution is 2.47. The molecule has 2 amide bonds. The highest BCUT2D eigenvalue weighted by atomic mass is 16.4. The van der Waals surface area contributed by atoms with E-state index in [0.717, 1.165) is 4.90 Å². The summed E-state index contributed by atoms with van der Waals surface area (Å²) in [5, 5.41) is 8.56. The highest BCUT2D eigenvalue weighted by Gasteiger charge is 2.58. The quantitative estimate of drug-likeness (QED) is 0.726. The van der Waals surface area contributed by atoms with Crippen LogP contribution < -0.4 is 0 Å². The van der Waals surface area contributed by atoms with Gasteiger partial charge < -0.3 is 5.11 Å². The SMILES string of the molecule is CC1(C)C(=O)N(CCC(=O)O)C(=O)C1(C)C. The molecule has 1 N–H and O–H groups in total. The third kappa shape index (κ3) is 1.60. The van der Waals surface area contributed by atoms with Crippen molar-refractivity contribution in [2.75, 3.05) is 6.54 Å². The number of carboxylic acids is 1. The lowest BCUT2D eigenvalue weighted by molar-refractivity contribution is -0.143. The average molecular weight is 227 g/mol. The lowest BCUT2D eigenvalue weighted by atomic mass is 9.70. The molecule has 1 rings (SSSR count). The van der Waals surface area contributed by atoms with Crippen LogP contribution in [0.5, 0.6) is 0 Å². The summed E-state index contributed by atoms with van der Waals surface area (Å²) >= 11 is 0. The van der Waals surface area contributed by atoms with Crippen LogP contribution in [0, 0.1) is 10.8 Å². The monoisotopic (exact) mass is 227 g/mol. The number of nitrogens with zero attached hydrogens (tertiary/aromatic N) is 1. The van der Waals surface area contributed by atoms with Gasteiger partial charge in [-0.15, -0.1) is 0 Å². The number of hydrogen-bond acceptors (Lipinski definition) is 3. The first kappa shape index (κ1) is 12.7. The molecule has 0 unspecified atom stereocenters. The van der Waals surface area contributed by atoms with Crippen LogP contribution in [0.3, 0.4) is 0 Å². The number of carboxylic acid groups (broad SMARTS) is 1. The summed E-state index contributed by atoms with van der Waals surface area (Å²) in [5.41, 5.74) is -1.55. The van der Waals surface area contributed by atoms with Gasteiger partial charge in [-0.3, -0.25) is 19.3 Å². The highest BCUT2D eigenvalue weighted by molar-refractivity contribution is 6.09. The molecule has 5 nitrogen and oxygen atoms in total. The second-order valence-corrected chi connectivity index (χ2v) is 5.16. The van der Waals surface area contributed by atoms with Crippen LogP contribution in [0.2, 0.25) is 0 Å². The molecule has 0 aromatic carbocycles. The fourth-order valence-electron chi connectivity index (χ4n) is 1.71. The van der Waals surface area contributed by atoms with Crippen molar-refractivity contribution in [3.05, 3.63) is 0 Å². The average Bonchev–Trinajstić information content (AvgIpc) is 2.25. The van der Waals surface area contributed by atoms with Crippen LogP contribution in [0.1, 0.15) is 34.1 Å². The molecule has 1 aliphatic heterocycles. The molecule has 0 bridgehead atoms. The molecule has 1 aliphatic rings. The molecule has 0 spiro atoms. The summed E-state index contributed by atoms with van der Waals surface area (Å²) < 4.78 is 0. The summed E-state index contributed by atoms with van der Waals surface area (Å²) in [6, 6.07) is 0. The smallest absolute Gasteiger partial charge is 0.305 e. The Labute approximate surface area is 94.4 Å². The van der Waals surface area contributed by atoms with E-state index in [0.29, 0.717) is 0 Å². The Bertz CT molecular complexity index is 331. The Morgan fingerprint density at radius 1 is 1.12 bits per heavy atom. The third-order valence-corrected chi connectivity index (χ3v) is 3.67. The Morgan fingerprint density at radius 3 is 1.81 bits per heavy atom. The van der Waals surface area contributed by atoms with Crippen molar-refractivity contribution in [1.82, 2.24) is 4.90 Å². The largest absolute Gasteiger partial charge is 0.481 e. The zero-order chi connectivity index (χ0) is 12.7. The number of carbonyl (C=O) groups is 3. The van der Waals surface area contributed by atoms with Gasteiger partial charge in [0, 0.05) is 6.54 Å². The molecule has 0 radical (unpaired) electrons. The number of carbonyl (C=O) groups excluding carboxylic acids is 2. The van der Waals surface area contributed by atoms with Gasteiger partial charge in [-0.2, -0.15) is 0 Å². The van der Waals surface area contributed by atoms with Gasteiger partial charge in [-0.05, 0) is 27.7 Å². The molecule has 1 fully saturated rings. The minimum atomic E-state index is -1.01. The lowest BCUT2D eigenvalue weighted by Crippen LogP contribution is -2.35. The first-order valence-corrected chi connectivity index (χ1v) is 5.20. The van der Waals surface area contributed by atoms with Gasteiger partial charge in [0.05, 0.1) is 17.3 Å². The Morgan fingerprint density at radius 2 is 1.50 bits per heavy atom. The van der Waals surface area contributed by atoms with Crippen molar-refractivity contribution in [2.45, 2.75) is 34.1 Å². The van der Waals surface area contributed by atoms with Crippen molar-refractivity contribution in [3.8, 4) is 0 Å². The minimum absolute atomic E-state index is 0.0418. The second-order valence-electron chi connectivity index (χ2n) is 5.16. The van der Waals surface area contributed by atoms with E-state index in [1.54, 1.807) is 27.7 Å². The molecule has 1 heterocycles. The van der Waals surface area contributed by atoms with Gasteiger partial charge in [-0.1, -0.05) is 0 Å². The first-order chi connectivity index (χ1) is 7.12. The standard InChI is InChI=1S/C11H17NO4/c1-10(2)8(15)12(6-5-7(13)14)9(16)11(10,3)4/h5-6H2,1-4H3,(H,13,14). The Hall–Kier alpha value is -1.39. The maximum absolute atomic E-state index is 12.0. The summed E-state index contributed by atoms with van der Waals surface area (Å²) in [4.78, 5) is 35.5. The molecule has 5 heteroatoms. The second kappa shape index (κ2) is 3.57. The number of imide groups is 1. The molecule has 0 atom stereocenters. The molecule has 0 saturated carbocycles.